The van der Waals surface area contributed by atoms with E-state index in [0.717, 1.165) is 12.8 Å². The molecule has 0 unspecified atom stereocenters. The van der Waals surface area contributed by atoms with Crippen molar-refractivity contribution < 1.29 is 9.59 Å². The Morgan fingerprint density at radius 3 is 2.62 bits per heavy atom. The van der Waals surface area contributed by atoms with Crippen LogP contribution in [0, 0.1) is 0 Å². The lowest BCUT2D eigenvalue weighted by molar-refractivity contribution is -0.116. The maximum absolute atomic E-state index is 12.2. The Balaban J connectivity index is 2.09. The molecule has 0 aliphatic heterocycles. The number of unbranched alkanes of at least 4 members (excludes halogenated alkanes) is 1. The SMILES string of the molecule is CCCCC(=O)Nc1ccccc1C(=O)Nn1cnnc1. The van der Waals surface area contributed by atoms with E-state index in [1.54, 1.807) is 24.3 Å². The van der Waals surface area contributed by atoms with Crippen LogP contribution in [0.4, 0.5) is 5.69 Å². The molecule has 0 radical (unpaired) electrons. The molecule has 1 aromatic heterocycles. The average Bonchev–Trinajstić information content (AvgIpc) is 2.98. The summed E-state index contributed by atoms with van der Waals surface area (Å²) in [5, 5.41) is 9.97. The van der Waals surface area contributed by atoms with Crippen molar-refractivity contribution in [3.8, 4) is 0 Å². The minimum atomic E-state index is -0.346. The molecule has 0 saturated carbocycles. The van der Waals surface area contributed by atoms with Crippen molar-refractivity contribution in [2.75, 3.05) is 10.7 Å². The molecule has 110 valence electrons. The summed E-state index contributed by atoms with van der Waals surface area (Å²) in [4.78, 5) is 24.0. The summed E-state index contributed by atoms with van der Waals surface area (Å²) < 4.78 is 1.35. The summed E-state index contributed by atoms with van der Waals surface area (Å²) in [6.07, 6.45) is 4.96. The van der Waals surface area contributed by atoms with Crippen molar-refractivity contribution in [3.05, 3.63) is 42.5 Å². The van der Waals surface area contributed by atoms with E-state index < -0.39 is 0 Å². The van der Waals surface area contributed by atoms with Crippen LogP contribution in [0.15, 0.2) is 36.9 Å². The van der Waals surface area contributed by atoms with E-state index >= 15 is 0 Å². The van der Waals surface area contributed by atoms with Crippen LogP contribution >= 0.6 is 0 Å². The zero-order valence-electron chi connectivity index (χ0n) is 11.7. The zero-order chi connectivity index (χ0) is 15.1. The molecule has 21 heavy (non-hydrogen) atoms. The lowest BCUT2D eigenvalue weighted by Gasteiger charge is -2.11. The van der Waals surface area contributed by atoms with Crippen LogP contribution in [0.3, 0.4) is 0 Å². The summed E-state index contributed by atoms with van der Waals surface area (Å²) in [5.41, 5.74) is 3.47. The molecule has 2 rings (SSSR count). The second kappa shape index (κ2) is 7.18. The van der Waals surface area contributed by atoms with Gasteiger partial charge in [0, 0.05) is 6.42 Å². The van der Waals surface area contributed by atoms with Gasteiger partial charge in [0.2, 0.25) is 5.91 Å². The van der Waals surface area contributed by atoms with Crippen LogP contribution in [0.25, 0.3) is 0 Å². The smallest absolute Gasteiger partial charge is 0.272 e. The van der Waals surface area contributed by atoms with Gasteiger partial charge in [-0.25, -0.2) is 4.68 Å². The summed E-state index contributed by atoms with van der Waals surface area (Å²) in [6.45, 7) is 2.02. The predicted octanol–water partition coefficient (Wildman–Crippen LogP) is 1.79. The zero-order valence-corrected chi connectivity index (χ0v) is 11.7. The van der Waals surface area contributed by atoms with Gasteiger partial charge in [-0.05, 0) is 18.6 Å². The number of hydrogen-bond donors (Lipinski definition) is 2. The molecule has 0 atom stereocenters. The molecule has 0 aliphatic rings. The van der Waals surface area contributed by atoms with Gasteiger partial charge in [0.25, 0.3) is 5.91 Å². The Bertz CT molecular complexity index is 610. The monoisotopic (exact) mass is 287 g/mol. The topological polar surface area (TPSA) is 88.9 Å². The number of amides is 2. The van der Waals surface area contributed by atoms with Gasteiger partial charge in [0.15, 0.2) is 0 Å². The second-order valence-corrected chi connectivity index (χ2v) is 4.51. The molecular weight excluding hydrogens is 270 g/mol. The van der Waals surface area contributed by atoms with Crippen molar-refractivity contribution >= 4 is 17.5 Å². The van der Waals surface area contributed by atoms with Gasteiger partial charge in [-0.15, -0.1) is 10.2 Å². The quantitative estimate of drug-likeness (QED) is 0.847. The number of nitrogens with one attached hydrogen (secondary N) is 2. The van der Waals surface area contributed by atoms with Crippen molar-refractivity contribution in [2.45, 2.75) is 26.2 Å². The first-order valence-corrected chi connectivity index (χ1v) is 6.75. The summed E-state index contributed by atoms with van der Waals surface area (Å²) in [7, 11) is 0. The first kappa shape index (κ1) is 14.7. The number of aromatic nitrogens is 3. The summed E-state index contributed by atoms with van der Waals surface area (Å²) >= 11 is 0. The highest BCUT2D eigenvalue weighted by Crippen LogP contribution is 2.16. The average molecular weight is 287 g/mol. The van der Waals surface area contributed by atoms with E-state index in [-0.39, 0.29) is 11.8 Å². The standard InChI is InChI=1S/C14H17N5O2/c1-2-3-8-13(20)17-12-7-5-4-6-11(12)14(21)18-19-9-15-16-10-19/h4-7,9-10H,2-3,8H2,1H3,(H,17,20)(H,18,21). The summed E-state index contributed by atoms with van der Waals surface area (Å²) in [5.74, 6) is -0.442. The van der Waals surface area contributed by atoms with E-state index in [1.807, 2.05) is 6.92 Å². The fourth-order valence-electron chi connectivity index (χ4n) is 1.78. The Morgan fingerprint density at radius 1 is 1.19 bits per heavy atom. The minimum absolute atomic E-state index is 0.0959. The molecule has 7 nitrogen and oxygen atoms in total. The third kappa shape index (κ3) is 4.13. The third-order valence-electron chi connectivity index (χ3n) is 2.85. The van der Waals surface area contributed by atoms with Gasteiger partial charge in [0.05, 0.1) is 11.3 Å². The molecule has 0 bridgehead atoms. The molecule has 2 amide bonds. The Hall–Kier alpha value is -2.70. The summed E-state index contributed by atoms with van der Waals surface area (Å²) in [6, 6.07) is 6.85. The first-order chi connectivity index (χ1) is 10.2. The van der Waals surface area contributed by atoms with E-state index in [4.69, 9.17) is 0 Å². The number of hydrogen-bond acceptors (Lipinski definition) is 4. The van der Waals surface area contributed by atoms with Gasteiger partial charge < -0.3 is 5.32 Å². The van der Waals surface area contributed by atoms with E-state index in [1.165, 1.54) is 17.3 Å². The fraction of sp³-hybridized carbons (Fsp3) is 0.286. The maximum Gasteiger partial charge on any atom is 0.272 e. The molecule has 0 aliphatic carbocycles. The van der Waals surface area contributed by atoms with Gasteiger partial charge in [-0.1, -0.05) is 25.5 Å². The highest BCUT2D eigenvalue weighted by Gasteiger charge is 2.13. The predicted molar refractivity (Wildman–Crippen MR) is 78.3 cm³/mol. The lowest BCUT2D eigenvalue weighted by atomic mass is 10.1. The number of anilines is 1. The van der Waals surface area contributed by atoms with Crippen LogP contribution in [-0.2, 0) is 4.79 Å². The number of nitrogens with zero attached hydrogens (tertiary/aromatic N) is 3. The van der Waals surface area contributed by atoms with E-state index in [9.17, 15) is 9.59 Å². The largest absolute Gasteiger partial charge is 0.325 e. The number of benzene rings is 1. The van der Waals surface area contributed by atoms with Crippen LogP contribution in [0.1, 0.15) is 36.5 Å². The Kier molecular flexibility index (Phi) is 5.03. The highest BCUT2D eigenvalue weighted by molar-refractivity contribution is 6.07. The normalized spacial score (nSPS) is 10.1. The van der Waals surface area contributed by atoms with Crippen molar-refractivity contribution in [1.82, 2.24) is 14.9 Å². The molecule has 0 fully saturated rings. The Morgan fingerprint density at radius 2 is 1.90 bits per heavy atom. The number of rotatable bonds is 6. The Labute approximate surface area is 122 Å². The minimum Gasteiger partial charge on any atom is -0.325 e. The lowest BCUT2D eigenvalue weighted by Crippen LogP contribution is -2.23. The van der Waals surface area contributed by atoms with Gasteiger partial charge in [0.1, 0.15) is 12.7 Å². The number of carbonyl (C=O) groups excluding carboxylic acids is 2. The van der Waals surface area contributed by atoms with Crippen LogP contribution < -0.4 is 10.7 Å². The fourth-order valence-corrected chi connectivity index (χ4v) is 1.78. The molecular formula is C14H17N5O2. The van der Waals surface area contributed by atoms with Crippen molar-refractivity contribution in [1.29, 1.82) is 0 Å². The molecule has 2 N–H and O–H groups in total. The van der Waals surface area contributed by atoms with Crippen molar-refractivity contribution in [2.24, 2.45) is 0 Å². The van der Waals surface area contributed by atoms with Crippen molar-refractivity contribution in [3.63, 3.8) is 0 Å². The number of para-hydroxylation sites is 1. The second-order valence-electron chi connectivity index (χ2n) is 4.51. The van der Waals surface area contributed by atoms with Crippen LogP contribution in [-0.4, -0.2) is 26.7 Å². The molecule has 1 heterocycles. The highest BCUT2D eigenvalue weighted by atomic mass is 16.2. The van der Waals surface area contributed by atoms with Crippen LogP contribution in [0.2, 0.25) is 0 Å². The van der Waals surface area contributed by atoms with Gasteiger partial charge >= 0.3 is 0 Å². The van der Waals surface area contributed by atoms with E-state index in [2.05, 4.69) is 20.9 Å². The number of carbonyl (C=O) groups is 2. The molecule has 1 aromatic carbocycles. The first-order valence-electron chi connectivity index (χ1n) is 6.75. The van der Waals surface area contributed by atoms with Gasteiger partial charge in [-0.3, -0.25) is 15.0 Å². The maximum atomic E-state index is 12.2. The molecule has 0 spiro atoms. The van der Waals surface area contributed by atoms with Crippen LogP contribution in [0.5, 0.6) is 0 Å². The molecule has 2 aromatic rings. The molecule has 7 heteroatoms. The van der Waals surface area contributed by atoms with Gasteiger partial charge in [-0.2, -0.15) is 0 Å². The molecule has 0 saturated heterocycles. The van der Waals surface area contributed by atoms with E-state index in [0.29, 0.717) is 17.7 Å². The third-order valence-corrected chi connectivity index (χ3v) is 2.85.